The second-order valence-electron chi connectivity index (χ2n) is 9.20. The predicted molar refractivity (Wildman–Crippen MR) is 150 cm³/mol. The molecule has 0 radical (unpaired) electrons. The van der Waals surface area contributed by atoms with Gasteiger partial charge in [0.1, 0.15) is 11.3 Å². The number of hydrogen-bond donors (Lipinski definition) is 0. The molecule has 0 atom stereocenters. The molecule has 5 heteroatoms. The Morgan fingerprint density at radius 3 is 1.95 bits per heavy atom. The van der Waals surface area contributed by atoms with Gasteiger partial charge in [0.25, 0.3) is 0 Å². The third kappa shape index (κ3) is 2.85. The Hall–Kier alpha value is -5.16. The van der Waals surface area contributed by atoms with Crippen LogP contribution in [-0.4, -0.2) is 23.5 Å². The van der Waals surface area contributed by atoms with E-state index in [-0.39, 0.29) is 0 Å². The van der Waals surface area contributed by atoms with Crippen molar-refractivity contribution >= 4 is 38.9 Å². The Bertz CT molecular complexity index is 2060. The number of fused-ring (bicyclic) bond motifs is 7. The zero-order chi connectivity index (χ0) is 24.3. The highest BCUT2D eigenvalue weighted by atomic mass is 15.3. The number of aromatic nitrogens is 5. The van der Waals surface area contributed by atoms with Crippen molar-refractivity contribution in [3.63, 3.8) is 0 Å². The van der Waals surface area contributed by atoms with Crippen molar-refractivity contribution in [1.82, 2.24) is 23.5 Å². The summed E-state index contributed by atoms with van der Waals surface area (Å²) in [6.45, 7) is 0. The maximum atomic E-state index is 5.27. The molecule has 0 bridgehead atoms. The standard InChI is InChI=1S/C32H21N5/c1-3-11-22(12-4-1)23-19-20-29(33-21-23)36-26-16-8-7-15-25(26)30-31(36)34-32-35(24-13-5-2-6-14-24)27-17-9-10-18-28(27)37(30)32/h1-21H. The Labute approximate surface area is 212 Å². The molecule has 0 aliphatic rings. The maximum Gasteiger partial charge on any atom is 0.222 e. The normalized spacial score (nSPS) is 11.8. The van der Waals surface area contributed by atoms with Crippen molar-refractivity contribution in [1.29, 1.82) is 0 Å². The van der Waals surface area contributed by atoms with Crippen LogP contribution in [0.4, 0.5) is 0 Å². The number of imidazole rings is 2. The average Bonchev–Trinajstić information content (AvgIpc) is 3.59. The summed E-state index contributed by atoms with van der Waals surface area (Å²) in [7, 11) is 0. The van der Waals surface area contributed by atoms with Crippen LogP contribution in [-0.2, 0) is 0 Å². The van der Waals surface area contributed by atoms with Gasteiger partial charge in [0.05, 0.1) is 16.6 Å². The fraction of sp³-hybridized carbons (Fsp3) is 0. The third-order valence-corrected chi connectivity index (χ3v) is 7.12. The molecule has 0 N–H and O–H groups in total. The SMILES string of the molecule is c1ccc(-c2ccc(-n3c4ccccc4c4c3nc3n(-c5ccccc5)c5ccccc5n43)nc2)cc1. The summed E-state index contributed by atoms with van der Waals surface area (Å²) in [5.74, 6) is 1.74. The lowest BCUT2D eigenvalue weighted by molar-refractivity contribution is 1.05. The van der Waals surface area contributed by atoms with Crippen LogP contribution in [0.3, 0.4) is 0 Å². The molecule has 0 aliphatic heterocycles. The molecule has 0 fully saturated rings. The van der Waals surface area contributed by atoms with Crippen LogP contribution in [0.2, 0.25) is 0 Å². The topological polar surface area (TPSA) is 40.0 Å². The first-order chi connectivity index (χ1) is 18.4. The smallest absolute Gasteiger partial charge is 0.222 e. The molecule has 0 amide bonds. The van der Waals surface area contributed by atoms with E-state index in [0.29, 0.717) is 0 Å². The molecule has 4 heterocycles. The summed E-state index contributed by atoms with van der Waals surface area (Å²) in [6, 6.07) is 42.0. The number of nitrogens with zero attached hydrogens (tertiary/aromatic N) is 5. The monoisotopic (exact) mass is 475 g/mol. The molecule has 4 aromatic carbocycles. The van der Waals surface area contributed by atoms with Crippen LogP contribution in [0.15, 0.2) is 128 Å². The van der Waals surface area contributed by atoms with Crippen LogP contribution in [0.1, 0.15) is 0 Å². The zero-order valence-corrected chi connectivity index (χ0v) is 19.9. The number of para-hydroxylation sites is 4. The van der Waals surface area contributed by atoms with Gasteiger partial charge in [-0.15, -0.1) is 0 Å². The minimum Gasteiger partial charge on any atom is -0.278 e. The molecule has 5 nitrogen and oxygen atoms in total. The maximum absolute atomic E-state index is 5.27. The molecule has 4 aromatic heterocycles. The van der Waals surface area contributed by atoms with Crippen molar-refractivity contribution in [3.05, 3.63) is 128 Å². The van der Waals surface area contributed by atoms with Gasteiger partial charge in [-0.2, -0.15) is 4.98 Å². The lowest BCUT2D eigenvalue weighted by atomic mass is 10.1. The van der Waals surface area contributed by atoms with E-state index in [4.69, 9.17) is 9.97 Å². The van der Waals surface area contributed by atoms with Crippen molar-refractivity contribution in [3.8, 4) is 22.6 Å². The van der Waals surface area contributed by atoms with Gasteiger partial charge in [-0.05, 0) is 48.0 Å². The fourth-order valence-corrected chi connectivity index (χ4v) is 5.49. The molecule has 0 aliphatic carbocycles. The van der Waals surface area contributed by atoms with Crippen molar-refractivity contribution in [2.75, 3.05) is 0 Å². The van der Waals surface area contributed by atoms with Crippen LogP contribution in [0.5, 0.6) is 0 Å². The second kappa shape index (κ2) is 7.67. The van der Waals surface area contributed by atoms with Crippen molar-refractivity contribution < 1.29 is 0 Å². The zero-order valence-electron chi connectivity index (χ0n) is 19.9. The quantitative estimate of drug-likeness (QED) is 0.266. The largest absolute Gasteiger partial charge is 0.278 e. The second-order valence-corrected chi connectivity index (χ2v) is 9.20. The number of benzene rings is 4. The molecule has 0 spiro atoms. The van der Waals surface area contributed by atoms with Gasteiger partial charge in [0.15, 0.2) is 5.65 Å². The van der Waals surface area contributed by atoms with E-state index < -0.39 is 0 Å². The first-order valence-corrected chi connectivity index (χ1v) is 12.4. The molecule has 8 rings (SSSR count). The lowest BCUT2D eigenvalue weighted by Gasteiger charge is -2.07. The van der Waals surface area contributed by atoms with Gasteiger partial charge >= 0.3 is 0 Å². The molecule has 8 aromatic rings. The summed E-state index contributed by atoms with van der Waals surface area (Å²) in [4.78, 5) is 10.2. The van der Waals surface area contributed by atoms with Gasteiger partial charge in [-0.25, -0.2) is 4.98 Å². The van der Waals surface area contributed by atoms with E-state index in [9.17, 15) is 0 Å². The van der Waals surface area contributed by atoms with Crippen LogP contribution >= 0.6 is 0 Å². The van der Waals surface area contributed by atoms with Gasteiger partial charge in [-0.3, -0.25) is 13.5 Å². The summed E-state index contributed by atoms with van der Waals surface area (Å²) < 4.78 is 6.70. The molecule has 0 saturated carbocycles. The molecule has 0 saturated heterocycles. The van der Waals surface area contributed by atoms with E-state index in [1.165, 1.54) is 0 Å². The Morgan fingerprint density at radius 2 is 1.19 bits per heavy atom. The summed E-state index contributed by atoms with van der Waals surface area (Å²) >= 11 is 0. The van der Waals surface area contributed by atoms with E-state index >= 15 is 0 Å². The van der Waals surface area contributed by atoms with E-state index in [0.717, 1.165) is 61.5 Å². The number of hydrogen-bond acceptors (Lipinski definition) is 2. The first-order valence-electron chi connectivity index (χ1n) is 12.4. The van der Waals surface area contributed by atoms with E-state index in [1.54, 1.807) is 0 Å². The molecule has 0 unspecified atom stereocenters. The Kier molecular flexibility index (Phi) is 4.16. The molecule has 37 heavy (non-hydrogen) atoms. The predicted octanol–water partition coefficient (Wildman–Crippen LogP) is 7.44. The summed E-state index contributed by atoms with van der Waals surface area (Å²) in [5.41, 5.74) is 8.65. The third-order valence-electron chi connectivity index (χ3n) is 7.12. The first kappa shape index (κ1) is 20.1. The van der Waals surface area contributed by atoms with Gasteiger partial charge in [0, 0.05) is 22.8 Å². The van der Waals surface area contributed by atoms with Gasteiger partial charge in [0.2, 0.25) is 5.78 Å². The highest BCUT2D eigenvalue weighted by Crippen LogP contribution is 2.36. The van der Waals surface area contributed by atoms with E-state index in [2.05, 4.69) is 123 Å². The van der Waals surface area contributed by atoms with Crippen LogP contribution in [0, 0.1) is 0 Å². The van der Waals surface area contributed by atoms with Gasteiger partial charge < -0.3 is 0 Å². The highest BCUT2D eigenvalue weighted by molar-refractivity contribution is 6.09. The van der Waals surface area contributed by atoms with Crippen LogP contribution in [0.25, 0.3) is 61.5 Å². The molecular formula is C32H21N5. The summed E-state index contributed by atoms with van der Waals surface area (Å²) in [5, 5.41) is 1.15. The highest BCUT2D eigenvalue weighted by Gasteiger charge is 2.23. The summed E-state index contributed by atoms with van der Waals surface area (Å²) in [6.07, 6.45) is 1.95. The number of rotatable bonds is 3. The Morgan fingerprint density at radius 1 is 0.514 bits per heavy atom. The minimum atomic E-state index is 0.849. The van der Waals surface area contributed by atoms with Crippen LogP contribution < -0.4 is 0 Å². The lowest BCUT2D eigenvalue weighted by Crippen LogP contribution is -1.99. The number of pyridine rings is 1. The van der Waals surface area contributed by atoms with Crippen molar-refractivity contribution in [2.45, 2.75) is 0 Å². The minimum absolute atomic E-state index is 0.849. The van der Waals surface area contributed by atoms with E-state index in [1.807, 2.05) is 18.3 Å². The molecule has 174 valence electrons. The fourth-order valence-electron chi connectivity index (χ4n) is 5.49. The van der Waals surface area contributed by atoms with Gasteiger partial charge in [-0.1, -0.05) is 78.9 Å². The average molecular weight is 476 g/mol. The molecular weight excluding hydrogens is 454 g/mol. The Balaban J connectivity index is 1.46. The van der Waals surface area contributed by atoms with Crippen molar-refractivity contribution in [2.24, 2.45) is 0 Å².